The maximum Gasteiger partial charge on any atom is 0.167 e. The number of aromatic amines is 1. The van der Waals surface area contributed by atoms with E-state index in [-0.39, 0.29) is 0 Å². The molecule has 64 valence electrons. The predicted molar refractivity (Wildman–Crippen MR) is 45.0 cm³/mol. The quantitative estimate of drug-likeness (QED) is 0.679. The lowest BCUT2D eigenvalue weighted by molar-refractivity contribution is 0.111. The van der Waals surface area contributed by atoms with Crippen molar-refractivity contribution in [1.82, 2.24) is 20.2 Å². The molecular weight excluding hydrogens is 168 g/mol. The van der Waals surface area contributed by atoms with Crippen LogP contribution in [0.2, 0.25) is 0 Å². The number of aldehydes is 1. The summed E-state index contributed by atoms with van der Waals surface area (Å²) >= 11 is 0. The van der Waals surface area contributed by atoms with Crippen molar-refractivity contribution < 1.29 is 4.79 Å². The molecule has 0 saturated heterocycles. The third-order valence-corrected chi connectivity index (χ3v) is 1.55. The second kappa shape index (κ2) is 3.14. The van der Waals surface area contributed by atoms with Gasteiger partial charge in [0.05, 0.1) is 11.9 Å². The number of rotatable bonds is 2. The van der Waals surface area contributed by atoms with Crippen molar-refractivity contribution in [3.8, 4) is 11.4 Å². The van der Waals surface area contributed by atoms with Crippen LogP contribution in [0.5, 0.6) is 0 Å². The van der Waals surface area contributed by atoms with Gasteiger partial charge in [0.25, 0.3) is 0 Å². The van der Waals surface area contributed by atoms with E-state index < -0.39 is 0 Å². The van der Waals surface area contributed by atoms with Crippen LogP contribution < -0.4 is 0 Å². The fourth-order valence-corrected chi connectivity index (χ4v) is 0.960. The minimum Gasteiger partial charge on any atom is -0.296 e. The highest BCUT2D eigenvalue weighted by molar-refractivity contribution is 5.74. The number of H-pyrrole nitrogens is 1. The molecule has 0 aliphatic rings. The van der Waals surface area contributed by atoms with Gasteiger partial charge in [0.1, 0.15) is 11.4 Å². The lowest BCUT2D eigenvalue weighted by Gasteiger charge is -1.90. The van der Waals surface area contributed by atoms with Crippen molar-refractivity contribution in [2.24, 2.45) is 0 Å². The van der Waals surface area contributed by atoms with Gasteiger partial charge in [-0.05, 0) is 6.07 Å². The Balaban J connectivity index is 2.41. The van der Waals surface area contributed by atoms with E-state index in [1.807, 2.05) is 0 Å². The second-order valence-corrected chi connectivity index (χ2v) is 2.42. The van der Waals surface area contributed by atoms with Gasteiger partial charge in [-0.25, -0.2) is 0 Å². The minimum atomic E-state index is 0.431. The van der Waals surface area contributed by atoms with Crippen molar-refractivity contribution in [1.29, 1.82) is 0 Å². The van der Waals surface area contributed by atoms with E-state index in [2.05, 4.69) is 20.2 Å². The molecule has 0 aliphatic carbocycles. The molecule has 0 radical (unpaired) electrons. The molecule has 0 spiro atoms. The molecule has 0 atom stereocenters. The minimum absolute atomic E-state index is 0.431. The first kappa shape index (κ1) is 7.60. The third-order valence-electron chi connectivity index (χ3n) is 1.55. The Bertz CT molecular complexity index is 409. The summed E-state index contributed by atoms with van der Waals surface area (Å²) in [5.41, 5.74) is 1.70. The summed E-state index contributed by atoms with van der Waals surface area (Å²) in [6.07, 6.45) is 5.44. The average molecular weight is 174 g/mol. The van der Waals surface area contributed by atoms with Crippen LogP contribution in [0.1, 0.15) is 10.5 Å². The van der Waals surface area contributed by atoms with Crippen LogP contribution in [0, 0.1) is 0 Å². The van der Waals surface area contributed by atoms with E-state index in [0.29, 0.717) is 23.4 Å². The molecule has 0 aromatic carbocycles. The van der Waals surface area contributed by atoms with Crippen molar-refractivity contribution in [3.05, 3.63) is 30.4 Å². The lowest BCUT2D eigenvalue weighted by atomic mass is 10.3. The van der Waals surface area contributed by atoms with Crippen LogP contribution in [0.3, 0.4) is 0 Å². The van der Waals surface area contributed by atoms with Crippen molar-refractivity contribution in [2.75, 3.05) is 0 Å². The Kier molecular flexibility index (Phi) is 1.84. The van der Waals surface area contributed by atoms with Crippen LogP contribution in [0.25, 0.3) is 11.4 Å². The average Bonchev–Trinajstić information content (AvgIpc) is 2.67. The lowest BCUT2D eigenvalue weighted by Crippen LogP contribution is -1.83. The van der Waals surface area contributed by atoms with Crippen LogP contribution in [-0.2, 0) is 0 Å². The summed E-state index contributed by atoms with van der Waals surface area (Å²) in [7, 11) is 0. The van der Waals surface area contributed by atoms with Gasteiger partial charge in [-0.2, -0.15) is 5.10 Å². The Morgan fingerprint density at radius 1 is 1.31 bits per heavy atom. The van der Waals surface area contributed by atoms with Gasteiger partial charge in [0, 0.05) is 12.4 Å². The molecule has 0 bridgehead atoms. The smallest absolute Gasteiger partial charge is 0.167 e. The van der Waals surface area contributed by atoms with E-state index >= 15 is 0 Å². The molecule has 0 amide bonds. The van der Waals surface area contributed by atoms with Gasteiger partial charge in [-0.15, -0.1) is 0 Å². The second-order valence-electron chi connectivity index (χ2n) is 2.42. The van der Waals surface area contributed by atoms with Crippen molar-refractivity contribution in [2.45, 2.75) is 0 Å². The summed E-state index contributed by atoms with van der Waals surface area (Å²) < 4.78 is 0. The maximum absolute atomic E-state index is 10.3. The number of carbonyl (C=O) groups excluding carboxylic acids is 1. The highest BCUT2D eigenvalue weighted by Gasteiger charge is 2.03. The molecule has 2 aromatic heterocycles. The Morgan fingerprint density at radius 2 is 2.23 bits per heavy atom. The number of nitrogens with one attached hydrogen (secondary N) is 1. The van der Waals surface area contributed by atoms with Crippen LogP contribution in [0.15, 0.2) is 24.7 Å². The topological polar surface area (TPSA) is 71.5 Å². The first-order valence-corrected chi connectivity index (χ1v) is 3.67. The SMILES string of the molecule is O=Cc1cc(-c2cnccn2)n[nH]1. The van der Waals surface area contributed by atoms with E-state index in [1.54, 1.807) is 24.7 Å². The fourth-order valence-electron chi connectivity index (χ4n) is 0.960. The largest absolute Gasteiger partial charge is 0.296 e. The Labute approximate surface area is 73.9 Å². The van der Waals surface area contributed by atoms with Gasteiger partial charge in [-0.3, -0.25) is 19.9 Å². The highest BCUT2D eigenvalue weighted by Crippen LogP contribution is 2.11. The zero-order valence-corrected chi connectivity index (χ0v) is 6.64. The molecule has 2 aromatic rings. The molecule has 5 heteroatoms. The molecule has 5 nitrogen and oxygen atoms in total. The molecule has 13 heavy (non-hydrogen) atoms. The van der Waals surface area contributed by atoms with E-state index in [9.17, 15) is 4.79 Å². The zero-order valence-electron chi connectivity index (χ0n) is 6.64. The van der Waals surface area contributed by atoms with Crippen molar-refractivity contribution >= 4 is 6.29 Å². The van der Waals surface area contributed by atoms with Gasteiger partial charge in [-0.1, -0.05) is 0 Å². The van der Waals surface area contributed by atoms with Crippen LogP contribution in [0.4, 0.5) is 0 Å². The highest BCUT2D eigenvalue weighted by atomic mass is 16.1. The summed E-state index contributed by atoms with van der Waals surface area (Å²) in [5.74, 6) is 0. The normalized spacial score (nSPS) is 9.85. The number of hydrogen-bond acceptors (Lipinski definition) is 4. The van der Waals surface area contributed by atoms with Gasteiger partial charge in [0.2, 0.25) is 0 Å². The first-order chi connectivity index (χ1) is 6.40. The first-order valence-electron chi connectivity index (χ1n) is 3.67. The van der Waals surface area contributed by atoms with E-state index in [4.69, 9.17) is 0 Å². The fraction of sp³-hybridized carbons (Fsp3) is 0. The molecule has 0 fully saturated rings. The van der Waals surface area contributed by atoms with E-state index in [1.165, 1.54) is 0 Å². The number of nitrogens with zero attached hydrogens (tertiary/aromatic N) is 3. The number of hydrogen-bond donors (Lipinski definition) is 1. The van der Waals surface area contributed by atoms with Crippen LogP contribution in [-0.4, -0.2) is 26.5 Å². The monoisotopic (exact) mass is 174 g/mol. The number of aromatic nitrogens is 4. The molecule has 2 heterocycles. The molecular formula is C8H6N4O. The third kappa shape index (κ3) is 1.44. The van der Waals surface area contributed by atoms with E-state index in [0.717, 1.165) is 0 Å². The van der Waals surface area contributed by atoms with Crippen molar-refractivity contribution in [3.63, 3.8) is 0 Å². The summed E-state index contributed by atoms with van der Waals surface area (Å²) in [5, 5.41) is 6.47. The summed E-state index contributed by atoms with van der Waals surface area (Å²) in [6, 6.07) is 1.62. The summed E-state index contributed by atoms with van der Waals surface area (Å²) in [4.78, 5) is 18.3. The molecule has 0 saturated carbocycles. The van der Waals surface area contributed by atoms with Gasteiger partial charge < -0.3 is 0 Å². The Morgan fingerprint density at radius 3 is 2.85 bits per heavy atom. The van der Waals surface area contributed by atoms with Gasteiger partial charge >= 0.3 is 0 Å². The summed E-state index contributed by atoms with van der Waals surface area (Å²) in [6.45, 7) is 0. The Hall–Kier alpha value is -2.04. The standard InChI is InChI=1S/C8H6N4O/c13-5-6-3-7(12-11-6)8-4-9-1-2-10-8/h1-5H,(H,11,12). The molecule has 0 unspecified atom stereocenters. The maximum atomic E-state index is 10.3. The zero-order chi connectivity index (χ0) is 9.10. The molecule has 2 rings (SSSR count). The molecule has 0 aliphatic heterocycles. The number of carbonyl (C=O) groups is 1. The molecule has 1 N–H and O–H groups in total. The predicted octanol–water partition coefficient (Wildman–Crippen LogP) is 0.679. The van der Waals surface area contributed by atoms with Crippen LogP contribution >= 0.6 is 0 Å². The van der Waals surface area contributed by atoms with Gasteiger partial charge in [0.15, 0.2) is 6.29 Å².